The molecule has 1 unspecified atom stereocenters. The Morgan fingerprint density at radius 2 is 1.86 bits per heavy atom. The highest BCUT2D eigenvalue weighted by Crippen LogP contribution is 2.22. The summed E-state index contributed by atoms with van der Waals surface area (Å²) in [7, 11) is -6.60. The van der Waals surface area contributed by atoms with Crippen molar-refractivity contribution < 1.29 is 21.6 Å². The maximum absolute atomic E-state index is 12.9. The fraction of sp³-hybridized carbons (Fsp3) is 0.611. The van der Waals surface area contributed by atoms with E-state index in [1.165, 1.54) is 10.4 Å². The van der Waals surface area contributed by atoms with Crippen LogP contribution in [0.5, 0.6) is 0 Å². The average molecular weight is 430 g/mol. The van der Waals surface area contributed by atoms with Crippen LogP contribution in [0.2, 0.25) is 0 Å². The molecular weight excluding hydrogens is 402 g/mol. The number of amides is 1. The first-order valence-electron chi connectivity index (χ1n) is 9.60. The van der Waals surface area contributed by atoms with Crippen LogP contribution in [0.25, 0.3) is 0 Å². The molecule has 0 radical (unpaired) electrons. The van der Waals surface area contributed by atoms with Gasteiger partial charge < -0.3 is 10.6 Å². The number of nitrogens with one attached hydrogen (secondary N) is 2. The first-order chi connectivity index (χ1) is 13.3. The zero-order chi connectivity index (χ0) is 20.2. The van der Waals surface area contributed by atoms with E-state index in [1.807, 2.05) is 0 Å². The number of anilines is 1. The summed E-state index contributed by atoms with van der Waals surface area (Å²) in [5, 5.41) is 5.62. The van der Waals surface area contributed by atoms with Crippen molar-refractivity contribution in [2.75, 3.05) is 36.5 Å². The van der Waals surface area contributed by atoms with E-state index in [9.17, 15) is 21.6 Å². The van der Waals surface area contributed by atoms with Gasteiger partial charge in [0, 0.05) is 24.8 Å². The summed E-state index contributed by atoms with van der Waals surface area (Å²) < 4.78 is 50.2. The highest BCUT2D eigenvalue weighted by molar-refractivity contribution is 7.91. The van der Waals surface area contributed by atoms with E-state index in [2.05, 4.69) is 10.6 Å². The summed E-state index contributed by atoms with van der Waals surface area (Å²) in [6.07, 6.45) is 4.26. The maximum atomic E-state index is 12.9. The molecule has 2 aliphatic rings. The molecule has 0 aliphatic carbocycles. The number of hydrogen-bond acceptors (Lipinski definition) is 6. The third-order valence-electron chi connectivity index (χ3n) is 5.09. The molecule has 2 fully saturated rings. The smallest absolute Gasteiger partial charge is 0.243 e. The Bertz CT molecular complexity index is 907. The molecule has 0 saturated carbocycles. The molecule has 1 atom stereocenters. The molecule has 10 heteroatoms. The predicted octanol–water partition coefficient (Wildman–Crippen LogP) is 0.967. The number of nitrogens with zero attached hydrogens (tertiary/aromatic N) is 1. The highest BCUT2D eigenvalue weighted by Gasteiger charge is 2.29. The van der Waals surface area contributed by atoms with Crippen LogP contribution >= 0.6 is 0 Å². The first kappa shape index (κ1) is 21.1. The Morgan fingerprint density at radius 1 is 1.14 bits per heavy atom. The number of hydrogen-bond donors (Lipinski definition) is 2. The molecule has 0 bridgehead atoms. The number of benzene rings is 1. The fourth-order valence-electron chi connectivity index (χ4n) is 3.57. The van der Waals surface area contributed by atoms with Gasteiger partial charge in [-0.3, -0.25) is 4.79 Å². The standard InChI is InChI=1S/C18H27N3O5S2/c22-18(20-16-8-11-27(23,24)14-16)13-19-15-6-5-7-17(12-15)28(25,26)21-9-3-1-2-4-10-21/h5-7,12,16,19H,1-4,8-11,13-14H2,(H,20,22). The van der Waals surface area contributed by atoms with Crippen molar-refractivity contribution >= 4 is 31.5 Å². The molecule has 8 nitrogen and oxygen atoms in total. The molecule has 0 aromatic heterocycles. The molecule has 0 spiro atoms. The van der Waals surface area contributed by atoms with Gasteiger partial charge >= 0.3 is 0 Å². The molecular formula is C18H27N3O5S2. The quantitative estimate of drug-likeness (QED) is 0.697. The third kappa shape index (κ3) is 5.45. The van der Waals surface area contributed by atoms with Crippen LogP contribution < -0.4 is 10.6 Å². The Balaban J connectivity index is 1.59. The van der Waals surface area contributed by atoms with E-state index in [4.69, 9.17) is 0 Å². The van der Waals surface area contributed by atoms with Crippen LogP contribution in [0.4, 0.5) is 5.69 Å². The zero-order valence-corrected chi connectivity index (χ0v) is 17.4. The molecule has 2 saturated heterocycles. The van der Waals surface area contributed by atoms with Crippen LogP contribution in [-0.2, 0) is 24.7 Å². The van der Waals surface area contributed by atoms with E-state index in [-0.39, 0.29) is 34.9 Å². The first-order valence-corrected chi connectivity index (χ1v) is 12.9. The molecule has 1 aromatic carbocycles. The van der Waals surface area contributed by atoms with E-state index in [1.54, 1.807) is 18.2 Å². The van der Waals surface area contributed by atoms with Gasteiger partial charge in [-0.1, -0.05) is 18.9 Å². The lowest BCUT2D eigenvalue weighted by atomic mass is 10.2. The molecule has 156 valence electrons. The van der Waals surface area contributed by atoms with Crippen LogP contribution in [0.15, 0.2) is 29.2 Å². The van der Waals surface area contributed by atoms with Crippen LogP contribution in [0.3, 0.4) is 0 Å². The number of sulfone groups is 1. The minimum atomic E-state index is -3.55. The van der Waals surface area contributed by atoms with Gasteiger partial charge in [0.1, 0.15) is 0 Å². The second kappa shape index (κ2) is 8.79. The molecule has 2 heterocycles. The summed E-state index contributed by atoms with van der Waals surface area (Å²) in [6.45, 7) is 1.02. The zero-order valence-electron chi connectivity index (χ0n) is 15.8. The van der Waals surface area contributed by atoms with Crippen molar-refractivity contribution in [3.8, 4) is 0 Å². The number of carbonyl (C=O) groups excluding carboxylic acids is 1. The van der Waals surface area contributed by atoms with E-state index in [0.717, 1.165) is 25.7 Å². The molecule has 1 amide bonds. The van der Waals surface area contributed by atoms with Crippen LogP contribution in [-0.4, -0.2) is 64.2 Å². The van der Waals surface area contributed by atoms with Gasteiger partial charge in [0.15, 0.2) is 9.84 Å². The van der Waals surface area contributed by atoms with Gasteiger partial charge in [0.25, 0.3) is 0 Å². The monoisotopic (exact) mass is 429 g/mol. The third-order valence-corrected chi connectivity index (χ3v) is 8.75. The van der Waals surface area contributed by atoms with Gasteiger partial charge in [-0.15, -0.1) is 0 Å². The number of carbonyl (C=O) groups is 1. The van der Waals surface area contributed by atoms with E-state index < -0.39 is 19.9 Å². The van der Waals surface area contributed by atoms with Gasteiger partial charge in [0.05, 0.1) is 22.9 Å². The molecule has 1 aromatic rings. The second-order valence-corrected chi connectivity index (χ2v) is 11.5. The molecule has 3 rings (SSSR count). The average Bonchev–Trinajstić information content (AvgIpc) is 2.86. The van der Waals surface area contributed by atoms with Gasteiger partial charge in [-0.25, -0.2) is 16.8 Å². The minimum Gasteiger partial charge on any atom is -0.376 e. The molecule has 28 heavy (non-hydrogen) atoms. The second-order valence-electron chi connectivity index (χ2n) is 7.37. The van der Waals surface area contributed by atoms with Crippen molar-refractivity contribution in [2.45, 2.75) is 43.0 Å². The van der Waals surface area contributed by atoms with Gasteiger partial charge in [0.2, 0.25) is 15.9 Å². The summed E-state index contributed by atoms with van der Waals surface area (Å²) in [4.78, 5) is 12.3. The van der Waals surface area contributed by atoms with Crippen LogP contribution in [0.1, 0.15) is 32.1 Å². The Hall–Kier alpha value is -1.65. The Labute approximate surface area is 166 Å². The molecule has 2 aliphatic heterocycles. The maximum Gasteiger partial charge on any atom is 0.243 e. The van der Waals surface area contributed by atoms with Crippen molar-refractivity contribution in [1.82, 2.24) is 9.62 Å². The summed E-state index contributed by atoms with van der Waals surface area (Å²) in [5.74, 6) is -0.243. The minimum absolute atomic E-state index is 0.0255. The van der Waals surface area contributed by atoms with Gasteiger partial charge in [-0.05, 0) is 37.5 Å². The fourth-order valence-corrected chi connectivity index (χ4v) is 6.80. The SMILES string of the molecule is O=C(CNc1cccc(S(=O)(=O)N2CCCCCC2)c1)NC1CCS(=O)(=O)C1. The summed E-state index contributed by atoms with van der Waals surface area (Å²) >= 11 is 0. The van der Waals surface area contributed by atoms with Crippen molar-refractivity contribution in [2.24, 2.45) is 0 Å². The Morgan fingerprint density at radius 3 is 2.50 bits per heavy atom. The normalized spacial score (nSPS) is 23.1. The largest absolute Gasteiger partial charge is 0.376 e. The van der Waals surface area contributed by atoms with Crippen LogP contribution in [0, 0.1) is 0 Å². The van der Waals surface area contributed by atoms with Crippen molar-refractivity contribution in [3.05, 3.63) is 24.3 Å². The number of rotatable bonds is 6. The Kier molecular flexibility index (Phi) is 6.61. The van der Waals surface area contributed by atoms with Crippen molar-refractivity contribution in [1.29, 1.82) is 0 Å². The summed E-state index contributed by atoms with van der Waals surface area (Å²) in [6, 6.07) is 6.10. The lowest BCUT2D eigenvalue weighted by Crippen LogP contribution is -2.39. The molecule has 2 N–H and O–H groups in total. The lowest BCUT2D eigenvalue weighted by Gasteiger charge is -2.20. The van der Waals surface area contributed by atoms with E-state index >= 15 is 0 Å². The van der Waals surface area contributed by atoms with Crippen molar-refractivity contribution in [3.63, 3.8) is 0 Å². The van der Waals surface area contributed by atoms with Gasteiger partial charge in [-0.2, -0.15) is 4.31 Å². The number of sulfonamides is 1. The summed E-state index contributed by atoms with van der Waals surface area (Å²) in [5.41, 5.74) is 0.532. The van der Waals surface area contributed by atoms with E-state index in [0.29, 0.717) is 25.2 Å². The predicted molar refractivity (Wildman–Crippen MR) is 107 cm³/mol. The lowest BCUT2D eigenvalue weighted by molar-refractivity contribution is -0.119. The topological polar surface area (TPSA) is 113 Å². The highest BCUT2D eigenvalue weighted by atomic mass is 32.2.